The third-order valence-electron chi connectivity index (χ3n) is 3.41. The van der Waals surface area contributed by atoms with E-state index in [4.69, 9.17) is 4.74 Å². The Morgan fingerprint density at radius 1 is 1.44 bits per heavy atom. The van der Waals surface area contributed by atoms with Gasteiger partial charge in [-0.05, 0) is 36.3 Å². The summed E-state index contributed by atoms with van der Waals surface area (Å²) in [6, 6.07) is 3.64. The molecule has 0 saturated carbocycles. The molecule has 0 radical (unpaired) electrons. The summed E-state index contributed by atoms with van der Waals surface area (Å²) in [5.74, 6) is 2.22. The lowest BCUT2D eigenvalue weighted by Gasteiger charge is -2.29. The molecule has 2 rings (SSSR count). The fraction of sp³-hybridized carbons (Fsp3) is 0.571. The van der Waals surface area contributed by atoms with E-state index in [9.17, 15) is 5.11 Å². The minimum absolute atomic E-state index is 0.319. The van der Waals surface area contributed by atoms with Crippen LogP contribution in [0.15, 0.2) is 12.1 Å². The summed E-state index contributed by atoms with van der Waals surface area (Å²) >= 11 is 0. The first kappa shape index (κ1) is 11.3. The number of ether oxygens (including phenoxy) is 1. The van der Waals surface area contributed by atoms with Gasteiger partial charge in [0, 0.05) is 11.6 Å². The molecule has 1 aromatic rings. The number of phenols is 1. The van der Waals surface area contributed by atoms with Crippen LogP contribution in [0.4, 0.5) is 0 Å². The van der Waals surface area contributed by atoms with E-state index >= 15 is 0 Å². The smallest absolute Gasteiger partial charge is 0.126 e. The molecule has 2 nitrogen and oxygen atoms in total. The van der Waals surface area contributed by atoms with Gasteiger partial charge in [-0.25, -0.2) is 0 Å². The average Bonchev–Trinajstić information content (AvgIpc) is 2.26. The summed E-state index contributed by atoms with van der Waals surface area (Å²) in [4.78, 5) is 0. The number of rotatable bonds is 2. The van der Waals surface area contributed by atoms with E-state index in [1.165, 1.54) is 11.1 Å². The second kappa shape index (κ2) is 4.36. The Bertz CT molecular complexity index is 383. The lowest BCUT2D eigenvalue weighted by molar-refractivity contribution is 0.262. The summed E-state index contributed by atoms with van der Waals surface area (Å²) in [6.45, 7) is 7.32. The molecule has 88 valence electrons. The molecule has 0 saturated heterocycles. The molecular weight excluding hydrogens is 200 g/mol. The third kappa shape index (κ3) is 1.89. The molecule has 1 aliphatic rings. The monoisotopic (exact) mass is 220 g/mol. The molecule has 1 aliphatic heterocycles. The van der Waals surface area contributed by atoms with Gasteiger partial charge < -0.3 is 9.84 Å². The van der Waals surface area contributed by atoms with E-state index in [1.54, 1.807) is 6.07 Å². The maximum atomic E-state index is 9.70. The molecule has 16 heavy (non-hydrogen) atoms. The zero-order chi connectivity index (χ0) is 11.7. The Kier molecular flexibility index (Phi) is 3.08. The molecule has 1 unspecified atom stereocenters. The second-order valence-corrected chi connectivity index (χ2v) is 4.84. The second-order valence-electron chi connectivity index (χ2n) is 4.84. The van der Waals surface area contributed by atoms with Crippen molar-refractivity contribution < 1.29 is 9.84 Å². The molecule has 0 bridgehead atoms. The van der Waals surface area contributed by atoms with Crippen molar-refractivity contribution in [3.63, 3.8) is 0 Å². The van der Waals surface area contributed by atoms with Crippen LogP contribution in [-0.4, -0.2) is 11.7 Å². The minimum Gasteiger partial charge on any atom is -0.508 e. The van der Waals surface area contributed by atoms with Crippen molar-refractivity contribution >= 4 is 0 Å². The molecule has 0 aliphatic carbocycles. The van der Waals surface area contributed by atoms with Crippen LogP contribution in [0.3, 0.4) is 0 Å². The fourth-order valence-electron chi connectivity index (χ4n) is 2.53. The van der Waals surface area contributed by atoms with Crippen LogP contribution in [-0.2, 0) is 0 Å². The summed E-state index contributed by atoms with van der Waals surface area (Å²) in [7, 11) is 0. The van der Waals surface area contributed by atoms with E-state index in [-0.39, 0.29) is 0 Å². The Balaban J connectivity index is 2.56. The van der Waals surface area contributed by atoms with Gasteiger partial charge in [0.05, 0.1) is 6.61 Å². The van der Waals surface area contributed by atoms with E-state index < -0.39 is 0 Å². The zero-order valence-electron chi connectivity index (χ0n) is 10.3. The highest BCUT2D eigenvalue weighted by molar-refractivity contribution is 5.50. The highest BCUT2D eigenvalue weighted by Gasteiger charge is 2.25. The molecule has 1 aromatic carbocycles. The van der Waals surface area contributed by atoms with E-state index in [0.29, 0.717) is 17.6 Å². The maximum absolute atomic E-state index is 9.70. The fourth-order valence-corrected chi connectivity index (χ4v) is 2.53. The van der Waals surface area contributed by atoms with Gasteiger partial charge in [0.15, 0.2) is 0 Å². The SMILES string of the molecule is CCC1CCOc2cc(O)cc(C(C)C)c21. The molecule has 0 fully saturated rings. The van der Waals surface area contributed by atoms with Gasteiger partial charge in [-0.3, -0.25) is 0 Å². The molecular formula is C14H20O2. The molecule has 1 atom stereocenters. The molecule has 0 amide bonds. The summed E-state index contributed by atoms with van der Waals surface area (Å²) < 4.78 is 5.67. The summed E-state index contributed by atoms with van der Waals surface area (Å²) in [6.07, 6.45) is 2.23. The average molecular weight is 220 g/mol. The normalized spacial score (nSPS) is 19.4. The van der Waals surface area contributed by atoms with Gasteiger partial charge in [-0.15, -0.1) is 0 Å². The Hall–Kier alpha value is -1.18. The van der Waals surface area contributed by atoms with Crippen LogP contribution in [0.25, 0.3) is 0 Å². The number of benzene rings is 1. The van der Waals surface area contributed by atoms with Crippen molar-refractivity contribution in [2.75, 3.05) is 6.61 Å². The Labute approximate surface area is 97.3 Å². The Morgan fingerprint density at radius 2 is 2.19 bits per heavy atom. The largest absolute Gasteiger partial charge is 0.508 e. The van der Waals surface area contributed by atoms with E-state index in [0.717, 1.165) is 25.2 Å². The number of fused-ring (bicyclic) bond motifs is 1. The van der Waals surface area contributed by atoms with Crippen molar-refractivity contribution in [2.24, 2.45) is 0 Å². The van der Waals surface area contributed by atoms with Crippen molar-refractivity contribution in [3.8, 4) is 11.5 Å². The van der Waals surface area contributed by atoms with Crippen molar-refractivity contribution in [2.45, 2.75) is 45.4 Å². The summed E-state index contributed by atoms with van der Waals surface area (Å²) in [5, 5.41) is 9.70. The molecule has 0 spiro atoms. The highest BCUT2D eigenvalue weighted by Crippen LogP contribution is 2.42. The number of phenolic OH excluding ortho intramolecular Hbond substituents is 1. The van der Waals surface area contributed by atoms with Crippen LogP contribution >= 0.6 is 0 Å². The van der Waals surface area contributed by atoms with Crippen LogP contribution in [0.2, 0.25) is 0 Å². The van der Waals surface area contributed by atoms with E-state index in [2.05, 4.69) is 20.8 Å². The lowest BCUT2D eigenvalue weighted by atomic mass is 9.83. The maximum Gasteiger partial charge on any atom is 0.126 e. The first-order valence-corrected chi connectivity index (χ1v) is 6.13. The topological polar surface area (TPSA) is 29.5 Å². The predicted molar refractivity (Wildman–Crippen MR) is 65.3 cm³/mol. The lowest BCUT2D eigenvalue weighted by Crippen LogP contribution is -2.16. The molecule has 0 aromatic heterocycles. The van der Waals surface area contributed by atoms with Crippen molar-refractivity contribution in [1.29, 1.82) is 0 Å². The minimum atomic E-state index is 0.319. The number of aromatic hydroxyl groups is 1. The van der Waals surface area contributed by atoms with Crippen LogP contribution in [0, 0.1) is 0 Å². The zero-order valence-corrected chi connectivity index (χ0v) is 10.3. The molecule has 1 heterocycles. The molecule has 2 heteroatoms. The standard InChI is InChI=1S/C14H20O2/c1-4-10-5-6-16-13-8-11(15)7-12(9(2)3)14(10)13/h7-10,15H,4-6H2,1-3H3. The van der Waals surface area contributed by atoms with Crippen molar-refractivity contribution in [3.05, 3.63) is 23.3 Å². The van der Waals surface area contributed by atoms with Gasteiger partial charge in [0.2, 0.25) is 0 Å². The third-order valence-corrected chi connectivity index (χ3v) is 3.41. The first-order chi connectivity index (χ1) is 7.63. The van der Waals surface area contributed by atoms with Gasteiger partial charge in [0.1, 0.15) is 11.5 Å². The first-order valence-electron chi connectivity index (χ1n) is 6.13. The van der Waals surface area contributed by atoms with Gasteiger partial charge in [-0.2, -0.15) is 0 Å². The quantitative estimate of drug-likeness (QED) is 0.821. The van der Waals surface area contributed by atoms with Gasteiger partial charge in [0.25, 0.3) is 0 Å². The summed E-state index contributed by atoms with van der Waals surface area (Å²) in [5.41, 5.74) is 2.56. The highest BCUT2D eigenvalue weighted by atomic mass is 16.5. The molecule has 1 N–H and O–H groups in total. The predicted octanol–water partition coefficient (Wildman–Crippen LogP) is 3.79. The van der Waals surface area contributed by atoms with Gasteiger partial charge in [-0.1, -0.05) is 20.8 Å². The number of hydrogen-bond donors (Lipinski definition) is 1. The number of hydrogen-bond acceptors (Lipinski definition) is 2. The van der Waals surface area contributed by atoms with E-state index in [1.807, 2.05) is 6.07 Å². The van der Waals surface area contributed by atoms with Crippen LogP contribution in [0.1, 0.15) is 56.6 Å². The van der Waals surface area contributed by atoms with Crippen LogP contribution in [0.5, 0.6) is 11.5 Å². The van der Waals surface area contributed by atoms with Crippen molar-refractivity contribution in [1.82, 2.24) is 0 Å². The van der Waals surface area contributed by atoms with Gasteiger partial charge >= 0.3 is 0 Å². The Morgan fingerprint density at radius 3 is 2.81 bits per heavy atom. The van der Waals surface area contributed by atoms with Crippen LogP contribution < -0.4 is 4.74 Å².